The lowest BCUT2D eigenvalue weighted by atomic mass is 10.3. The first kappa shape index (κ1) is 15.5. The number of carbonyl (C=O) groups is 1. The summed E-state index contributed by atoms with van der Waals surface area (Å²) in [4.78, 5) is 17.9. The first-order chi connectivity index (χ1) is 10.1. The Morgan fingerprint density at radius 3 is 2.86 bits per heavy atom. The van der Waals surface area contributed by atoms with Gasteiger partial charge in [-0.05, 0) is 26.1 Å². The third-order valence-electron chi connectivity index (χ3n) is 2.87. The normalized spacial score (nSPS) is 10.9. The van der Waals surface area contributed by atoms with E-state index in [-0.39, 0.29) is 12.5 Å². The number of rotatable bonds is 6. The fraction of sp³-hybridized carbons (Fsp3) is 0.357. The summed E-state index contributed by atoms with van der Waals surface area (Å²) in [6.45, 7) is 3.82. The largest absolute Gasteiger partial charge is 0.310 e. The first-order valence-electron chi connectivity index (χ1n) is 6.68. The summed E-state index contributed by atoms with van der Waals surface area (Å²) in [5.41, 5.74) is 1.08. The Morgan fingerprint density at radius 1 is 1.43 bits per heavy atom. The molecule has 112 valence electrons. The molecule has 0 saturated heterocycles. The van der Waals surface area contributed by atoms with Gasteiger partial charge in [0.1, 0.15) is 5.82 Å². The molecule has 0 atom stereocenters. The van der Waals surface area contributed by atoms with Crippen molar-refractivity contribution in [2.24, 2.45) is 0 Å². The van der Waals surface area contributed by atoms with Gasteiger partial charge in [0, 0.05) is 31.0 Å². The molecule has 0 bridgehead atoms. The van der Waals surface area contributed by atoms with Crippen LogP contribution in [0.25, 0.3) is 0 Å². The van der Waals surface area contributed by atoms with Crippen molar-refractivity contribution in [2.75, 3.05) is 18.9 Å². The summed E-state index contributed by atoms with van der Waals surface area (Å²) in [7, 11) is 1.89. The summed E-state index contributed by atoms with van der Waals surface area (Å²) in [6.07, 6.45) is 5.30. The van der Waals surface area contributed by atoms with Crippen LogP contribution in [0.3, 0.4) is 0 Å². The third-order valence-corrected chi connectivity index (χ3v) is 3.10. The third kappa shape index (κ3) is 4.84. The van der Waals surface area contributed by atoms with Crippen LogP contribution in [-0.4, -0.2) is 39.2 Å². The number of hydrogen-bond donors (Lipinski definition) is 1. The Bertz CT molecular complexity index is 596. The number of anilines is 1. The molecule has 0 aromatic carbocycles. The molecule has 2 heterocycles. The van der Waals surface area contributed by atoms with Crippen molar-refractivity contribution in [1.82, 2.24) is 19.7 Å². The van der Waals surface area contributed by atoms with E-state index in [1.54, 1.807) is 12.1 Å². The van der Waals surface area contributed by atoms with E-state index in [4.69, 9.17) is 11.6 Å². The van der Waals surface area contributed by atoms with E-state index in [2.05, 4.69) is 15.4 Å². The van der Waals surface area contributed by atoms with Crippen LogP contribution in [0.5, 0.6) is 0 Å². The van der Waals surface area contributed by atoms with Gasteiger partial charge >= 0.3 is 0 Å². The number of amides is 1. The van der Waals surface area contributed by atoms with E-state index in [9.17, 15) is 4.79 Å². The average molecular weight is 308 g/mol. The van der Waals surface area contributed by atoms with Crippen molar-refractivity contribution >= 4 is 23.3 Å². The summed E-state index contributed by atoms with van der Waals surface area (Å²) in [6, 6.07) is 3.36. The summed E-state index contributed by atoms with van der Waals surface area (Å²) in [5, 5.41) is 7.48. The number of carbonyl (C=O) groups excluding carboxylic acids is 1. The summed E-state index contributed by atoms with van der Waals surface area (Å²) < 4.78 is 1.86. The van der Waals surface area contributed by atoms with Gasteiger partial charge in [-0.2, -0.15) is 5.10 Å². The number of hydrogen-bond acceptors (Lipinski definition) is 4. The molecule has 0 saturated carbocycles. The van der Waals surface area contributed by atoms with E-state index in [0.29, 0.717) is 17.4 Å². The molecule has 0 aliphatic rings. The highest BCUT2D eigenvalue weighted by atomic mass is 35.5. The van der Waals surface area contributed by atoms with Crippen LogP contribution >= 0.6 is 11.6 Å². The van der Waals surface area contributed by atoms with E-state index in [1.807, 2.05) is 35.9 Å². The van der Waals surface area contributed by atoms with E-state index in [0.717, 1.165) is 12.1 Å². The number of halogens is 1. The van der Waals surface area contributed by atoms with Gasteiger partial charge in [0.15, 0.2) is 0 Å². The van der Waals surface area contributed by atoms with Crippen LogP contribution in [-0.2, 0) is 17.9 Å². The summed E-state index contributed by atoms with van der Waals surface area (Å²) in [5.74, 6) is 0.381. The maximum atomic E-state index is 11.9. The van der Waals surface area contributed by atoms with Gasteiger partial charge < -0.3 is 5.32 Å². The van der Waals surface area contributed by atoms with Crippen LogP contribution < -0.4 is 5.32 Å². The topological polar surface area (TPSA) is 63.1 Å². The molecule has 1 amide bonds. The number of nitrogens with zero attached hydrogens (tertiary/aromatic N) is 4. The van der Waals surface area contributed by atoms with Crippen LogP contribution in [0, 0.1) is 0 Å². The Morgan fingerprint density at radius 2 is 2.24 bits per heavy atom. The molecule has 0 unspecified atom stereocenters. The van der Waals surface area contributed by atoms with Crippen LogP contribution in [0.1, 0.15) is 12.5 Å². The van der Waals surface area contributed by atoms with Crippen molar-refractivity contribution in [2.45, 2.75) is 20.0 Å². The molecule has 0 radical (unpaired) electrons. The monoisotopic (exact) mass is 307 g/mol. The Labute approximate surface area is 128 Å². The quantitative estimate of drug-likeness (QED) is 0.887. The lowest BCUT2D eigenvalue weighted by molar-refractivity contribution is -0.117. The molecule has 0 aliphatic carbocycles. The maximum absolute atomic E-state index is 11.9. The van der Waals surface area contributed by atoms with Crippen molar-refractivity contribution in [3.05, 3.63) is 41.3 Å². The molecular weight excluding hydrogens is 290 g/mol. The molecular formula is C14H18ClN5O. The van der Waals surface area contributed by atoms with Gasteiger partial charge in [0.05, 0.1) is 17.8 Å². The highest BCUT2D eigenvalue weighted by Gasteiger charge is 2.09. The summed E-state index contributed by atoms with van der Waals surface area (Å²) >= 11 is 5.75. The molecule has 0 fully saturated rings. The minimum Gasteiger partial charge on any atom is -0.310 e. The molecule has 2 aromatic rings. The van der Waals surface area contributed by atoms with E-state index in [1.165, 1.54) is 6.20 Å². The SMILES string of the molecule is CCn1cc(CN(C)CC(=O)Nc2ccc(Cl)cn2)cn1. The van der Waals surface area contributed by atoms with Gasteiger partial charge in [-0.1, -0.05) is 11.6 Å². The highest BCUT2D eigenvalue weighted by Crippen LogP contribution is 2.09. The van der Waals surface area contributed by atoms with Crippen LogP contribution in [0.15, 0.2) is 30.7 Å². The number of nitrogens with one attached hydrogen (secondary N) is 1. The van der Waals surface area contributed by atoms with Crippen LogP contribution in [0.2, 0.25) is 5.02 Å². The molecule has 7 heteroatoms. The number of likely N-dealkylation sites (N-methyl/N-ethyl adjacent to an activating group) is 1. The standard InChI is InChI=1S/C14H18ClN5O/c1-3-20-9-11(6-17-20)8-19(2)10-14(21)18-13-5-4-12(15)7-16-13/h4-7,9H,3,8,10H2,1-2H3,(H,16,18,21). The van der Waals surface area contributed by atoms with Crippen molar-refractivity contribution in [3.8, 4) is 0 Å². The van der Waals surface area contributed by atoms with Crippen LogP contribution in [0.4, 0.5) is 5.82 Å². The molecule has 0 aliphatic heterocycles. The number of aryl methyl sites for hydroxylation is 1. The lowest BCUT2D eigenvalue weighted by Crippen LogP contribution is -2.30. The number of aromatic nitrogens is 3. The van der Waals surface area contributed by atoms with E-state index < -0.39 is 0 Å². The molecule has 2 rings (SSSR count). The second-order valence-corrected chi connectivity index (χ2v) is 5.22. The Hall–Kier alpha value is -1.92. The fourth-order valence-corrected chi connectivity index (χ4v) is 2.02. The zero-order valence-corrected chi connectivity index (χ0v) is 12.8. The second-order valence-electron chi connectivity index (χ2n) is 4.79. The Kier molecular flexibility index (Phi) is 5.30. The minimum atomic E-state index is -0.116. The van der Waals surface area contributed by atoms with Gasteiger partial charge in [0.25, 0.3) is 0 Å². The maximum Gasteiger partial charge on any atom is 0.239 e. The van der Waals surface area contributed by atoms with Gasteiger partial charge in [-0.25, -0.2) is 4.98 Å². The van der Waals surface area contributed by atoms with E-state index >= 15 is 0 Å². The van der Waals surface area contributed by atoms with Crippen molar-refractivity contribution in [1.29, 1.82) is 0 Å². The molecule has 21 heavy (non-hydrogen) atoms. The van der Waals surface area contributed by atoms with Gasteiger partial charge in [-0.3, -0.25) is 14.4 Å². The lowest BCUT2D eigenvalue weighted by Gasteiger charge is -2.14. The van der Waals surface area contributed by atoms with Gasteiger partial charge in [-0.15, -0.1) is 0 Å². The minimum absolute atomic E-state index is 0.116. The first-order valence-corrected chi connectivity index (χ1v) is 7.06. The predicted molar refractivity (Wildman–Crippen MR) is 82.1 cm³/mol. The fourth-order valence-electron chi connectivity index (χ4n) is 1.91. The average Bonchev–Trinajstić information content (AvgIpc) is 2.88. The zero-order valence-electron chi connectivity index (χ0n) is 12.1. The zero-order chi connectivity index (χ0) is 15.2. The molecule has 1 N–H and O–H groups in total. The van der Waals surface area contributed by atoms with Crippen molar-refractivity contribution < 1.29 is 4.79 Å². The molecule has 2 aromatic heterocycles. The highest BCUT2D eigenvalue weighted by molar-refractivity contribution is 6.30. The predicted octanol–water partition coefficient (Wildman–Crippen LogP) is 2.02. The smallest absolute Gasteiger partial charge is 0.239 e. The Balaban J connectivity index is 1.82. The molecule has 0 spiro atoms. The van der Waals surface area contributed by atoms with Gasteiger partial charge in [0.2, 0.25) is 5.91 Å². The second kappa shape index (κ2) is 7.19. The molecule has 6 nitrogen and oxygen atoms in total. The number of pyridine rings is 1. The van der Waals surface area contributed by atoms with Crippen molar-refractivity contribution in [3.63, 3.8) is 0 Å².